The third kappa shape index (κ3) is 2.99. The summed E-state index contributed by atoms with van der Waals surface area (Å²) < 4.78 is 5.20. The number of carbonyl (C=O) groups excluding carboxylic acids is 2. The molecule has 0 fully saturated rings. The Kier molecular flexibility index (Phi) is 4.44. The Morgan fingerprint density at radius 2 is 1.74 bits per heavy atom. The number of ether oxygens (including phenoxy) is 1. The molecule has 0 aromatic heterocycles. The molecule has 2 atom stereocenters. The first-order valence-corrected chi connectivity index (χ1v) is 8.74. The van der Waals surface area contributed by atoms with Gasteiger partial charge in [-0.05, 0) is 36.8 Å². The van der Waals surface area contributed by atoms with Crippen LogP contribution >= 0.6 is 10.5 Å². The van der Waals surface area contributed by atoms with E-state index in [2.05, 4.69) is 0 Å². The number of rotatable bonds is 4. The van der Waals surface area contributed by atoms with Crippen LogP contribution in [0.5, 0.6) is 5.75 Å². The predicted octanol–water partition coefficient (Wildman–Crippen LogP) is 3.80. The van der Waals surface area contributed by atoms with Crippen LogP contribution in [0.15, 0.2) is 59.5 Å². The normalized spacial score (nSPS) is 20.6. The molecule has 3 nitrogen and oxygen atoms in total. The maximum absolute atomic E-state index is 12.4. The van der Waals surface area contributed by atoms with Gasteiger partial charge >= 0.3 is 0 Å². The van der Waals surface area contributed by atoms with Crippen molar-refractivity contribution in [3.8, 4) is 5.75 Å². The zero-order valence-corrected chi connectivity index (χ0v) is 13.9. The van der Waals surface area contributed by atoms with Crippen molar-refractivity contribution >= 4 is 26.9 Å². The maximum Gasteiger partial charge on any atom is 0.173 e. The van der Waals surface area contributed by atoms with Crippen molar-refractivity contribution in [3.05, 3.63) is 60.2 Å². The molecule has 0 saturated carbocycles. The second kappa shape index (κ2) is 6.50. The third-order valence-corrected chi connectivity index (χ3v) is 6.68. The van der Waals surface area contributed by atoms with Gasteiger partial charge in [0.05, 0.1) is 12.0 Å². The number of hydrogen-bond donors (Lipinski definition) is 0. The first-order valence-electron chi connectivity index (χ1n) is 7.45. The smallest absolute Gasteiger partial charge is 0.173 e. The summed E-state index contributed by atoms with van der Waals surface area (Å²) in [7, 11) is 1.12. The lowest BCUT2D eigenvalue weighted by Gasteiger charge is -2.17. The average molecular weight is 326 g/mol. The molecule has 2 aromatic rings. The minimum absolute atomic E-state index is 0.0227. The Labute approximate surface area is 138 Å². The second-order valence-electron chi connectivity index (χ2n) is 5.43. The summed E-state index contributed by atoms with van der Waals surface area (Å²) in [5, 5.41) is 0.0229. The molecule has 118 valence electrons. The van der Waals surface area contributed by atoms with Gasteiger partial charge in [0.1, 0.15) is 5.75 Å². The average Bonchev–Trinajstić information content (AvgIpc) is 2.93. The fourth-order valence-electron chi connectivity index (χ4n) is 2.88. The van der Waals surface area contributed by atoms with Crippen LogP contribution in [0.25, 0.3) is 0 Å². The highest BCUT2D eigenvalue weighted by Gasteiger charge is 2.35. The summed E-state index contributed by atoms with van der Waals surface area (Å²) in [6.45, 7) is 1.49. The van der Waals surface area contributed by atoms with E-state index in [1.165, 1.54) is 6.92 Å². The molecule has 0 bridgehead atoms. The summed E-state index contributed by atoms with van der Waals surface area (Å²) >= 11 is 0. The molecule has 0 spiro atoms. The maximum atomic E-state index is 12.4. The van der Waals surface area contributed by atoms with Crippen molar-refractivity contribution in [1.82, 2.24) is 0 Å². The van der Waals surface area contributed by atoms with Crippen LogP contribution in [0.1, 0.15) is 24.2 Å². The fraction of sp³-hybridized carbons (Fsp3) is 0.211. The Morgan fingerprint density at radius 3 is 2.30 bits per heavy atom. The molecule has 0 radical (unpaired) electrons. The van der Waals surface area contributed by atoms with Crippen LogP contribution < -0.4 is 4.74 Å². The van der Waals surface area contributed by atoms with Gasteiger partial charge in [0.2, 0.25) is 0 Å². The second-order valence-corrected chi connectivity index (χ2v) is 7.55. The Bertz CT molecular complexity index is 776. The lowest BCUT2D eigenvalue weighted by atomic mass is 10.0. The van der Waals surface area contributed by atoms with Gasteiger partial charge in [-0.25, -0.2) is 0 Å². The summed E-state index contributed by atoms with van der Waals surface area (Å²) in [5.74, 6) is 0.650. The fourth-order valence-corrected chi connectivity index (χ4v) is 5.57. The highest BCUT2D eigenvalue weighted by Crippen LogP contribution is 2.50. The summed E-state index contributed by atoms with van der Waals surface area (Å²) in [6.07, 6.45) is 0.388. The standard InChI is InChI=1S/C19H18O3S/c1-13(20)19-17(21)12-18(14-8-10-15(22-2)11-9-14)23(19)16-6-4-3-5-7-16/h3-11,18H,12H2,1-2H3/t18-,23?/m0/s1. The summed E-state index contributed by atoms with van der Waals surface area (Å²) in [6, 6.07) is 17.6. The lowest BCUT2D eigenvalue weighted by Crippen LogP contribution is -2.16. The molecular weight excluding hydrogens is 308 g/mol. The van der Waals surface area contributed by atoms with E-state index >= 15 is 0 Å². The van der Waals surface area contributed by atoms with Crippen LogP contribution in [0, 0.1) is 0 Å². The van der Waals surface area contributed by atoms with Crippen LogP contribution in [-0.2, 0) is 9.59 Å². The number of ketones is 2. The van der Waals surface area contributed by atoms with E-state index < -0.39 is 10.5 Å². The zero-order valence-electron chi connectivity index (χ0n) is 13.1. The van der Waals surface area contributed by atoms with Crippen molar-refractivity contribution in [1.29, 1.82) is 0 Å². The van der Waals surface area contributed by atoms with E-state index in [0.29, 0.717) is 11.3 Å². The number of benzene rings is 2. The van der Waals surface area contributed by atoms with Gasteiger partial charge < -0.3 is 4.74 Å². The predicted molar refractivity (Wildman–Crippen MR) is 93.3 cm³/mol. The van der Waals surface area contributed by atoms with Gasteiger partial charge in [0.15, 0.2) is 11.6 Å². The molecule has 23 heavy (non-hydrogen) atoms. The van der Waals surface area contributed by atoms with Gasteiger partial charge in [-0.2, -0.15) is 0 Å². The summed E-state index contributed by atoms with van der Waals surface area (Å²) in [4.78, 5) is 26.0. The van der Waals surface area contributed by atoms with Crippen molar-refractivity contribution in [2.45, 2.75) is 23.5 Å². The van der Waals surface area contributed by atoms with Crippen molar-refractivity contribution < 1.29 is 14.3 Å². The quantitative estimate of drug-likeness (QED) is 0.803. The highest BCUT2D eigenvalue weighted by molar-refractivity contribution is 8.18. The molecule has 2 aromatic carbocycles. The molecule has 1 heterocycles. The molecule has 1 unspecified atom stereocenters. The SMILES string of the molecule is COc1ccc([C@@H]2CC(=O)C(C(C)=O)=S2c2ccccc2)cc1. The largest absolute Gasteiger partial charge is 0.497 e. The van der Waals surface area contributed by atoms with Crippen molar-refractivity contribution in [3.63, 3.8) is 0 Å². The van der Waals surface area contributed by atoms with Crippen molar-refractivity contribution in [2.24, 2.45) is 0 Å². The number of carbonyl (C=O) groups is 2. The van der Waals surface area contributed by atoms with Crippen LogP contribution in [0.2, 0.25) is 0 Å². The number of methoxy groups -OCH3 is 1. The Hall–Kier alpha value is -2.20. The van der Waals surface area contributed by atoms with Crippen LogP contribution in [-0.4, -0.2) is 23.5 Å². The van der Waals surface area contributed by atoms with E-state index in [1.54, 1.807) is 7.11 Å². The van der Waals surface area contributed by atoms with Gasteiger partial charge in [-0.3, -0.25) is 9.59 Å². The van der Waals surface area contributed by atoms with Gasteiger partial charge in [-0.15, -0.1) is 10.5 Å². The molecule has 1 aliphatic heterocycles. The molecule has 0 saturated heterocycles. The molecular formula is C19H18O3S. The van der Waals surface area contributed by atoms with E-state index in [9.17, 15) is 9.59 Å². The van der Waals surface area contributed by atoms with Crippen LogP contribution in [0.4, 0.5) is 0 Å². The topological polar surface area (TPSA) is 43.4 Å². The van der Waals surface area contributed by atoms with Gasteiger partial charge in [-0.1, -0.05) is 30.3 Å². The molecule has 0 N–H and O–H groups in total. The first-order chi connectivity index (χ1) is 11.1. The summed E-state index contributed by atoms with van der Waals surface area (Å²) in [5.41, 5.74) is 1.07. The van der Waals surface area contributed by atoms with Gasteiger partial charge in [0, 0.05) is 16.6 Å². The van der Waals surface area contributed by atoms with Crippen molar-refractivity contribution in [2.75, 3.05) is 7.11 Å². The number of Topliss-reactive ketones (excluding diaryl/α,β-unsaturated/α-hetero) is 2. The Balaban J connectivity index is 2.12. The van der Waals surface area contributed by atoms with E-state index in [1.807, 2.05) is 54.6 Å². The van der Waals surface area contributed by atoms with E-state index in [0.717, 1.165) is 16.2 Å². The molecule has 0 aliphatic carbocycles. The molecule has 3 rings (SSSR count). The first kappa shape index (κ1) is 15.7. The monoisotopic (exact) mass is 326 g/mol. The zero-order chi connectivity index (χ0) is 16.4. The molecule has 4 heteroatoms. The molecule has 0 amide bonds. The highest BCUT2D eigenvalue weighted by atomic mass is 32.2. The van der Waals surface area contributed by atoms with Gasteiger partial charge in [0.25, 0.3) is 0 Å². The Morgan fingerprint density at radius 1 is 1.09 bits per heavy atom. The minimum atomic E-state index is -0.509. The third-order valence-electron chi connectivity index (χ3n) is 3.93. The van der Waals surface area contributed by atoms with Crippen LogP contribution in [0.3, 0.4) is 0 Å². The van der Waals surface area contributed by atoms with E-state index in [-0.39, 0.29) is 16.8 Å². The molecule has 1 aliphatic rings. The minimum Gasteiger partial charge on any atom is -0.497 e. The lowest BCUT2D eigenvalue weighted by molar-refractivity contribution is -0.115. The number of hydrogen-bond acceptors (Lipinski definition) is 3. The van der Waals surface area contributed by atoms with E-state index in [4.69, 9.17) is 4.74 Å².